The molecule has 0 fully saturated rings. The van der Waals surface area contributed by atoms with Crippen LogP contribution in [-0.4, -0.2) is 18.0 Å². The van der Waals surface area contributed by atoms with Crippen LogP contribution in [0.4, 0.5) is 5.69 Å². The van der Waals surface area contributed by atoms with E-state index in [0.29, 0.717) is 16.5 Å². The van der Waals surface area contributed by atoms with Gasteiger partial charge in [0.1, 0.15) is 17.5 Å². The van der Waals surface area contributed by atoms with E-state index in [1.807, 2.05) is 0 Å². The number of nitrogens with one attached hydrogen (secondary N) is 2. The number of hydrogen-bond donors (Lipinski definition) is 3. The lowest BCUT2D eigenvalue weighted by Gasteiger charge is -2.32. The molecule has 142 valence electrons. The fourth-order valence-electron chi connectivity index (χ4n) is 3.09. The molecule has 3 rings (SSSR count). The van der Waals surface area contributed by atoms with E-state index >= 15 is 0 Å². The Hall–Kier alpha value is -3.08. The minimum Gasteiger partial charge on any atom is -0.497 e. The molecule has 1 heterocycles. The first-order chi connectivity index (χ1) is 13.4. The molecule has 1 amide bonds. The molecular weight excluding hydrogens is 396 g/mol. The van der Waals surface area contributed by atoms with Crippen molar-refractivity contribution < 1.29 is 9.53 Å². The predicted octanol–water partition coefficient (Wildman–Crippen LogP) is 3.31. The van der Waals surface area contributed by atoms with E-state index < -0.39 is 11.8 Å². The van der Waals surface area contributed by atoms with Gasteiger partial charge in [-0.3, -0.25) is 4.79 Å². The van der Waals surface area contributed by atoms with E-state index in [2.05, 4.69) is 16.7 Å². The van der Waals surface area contributed by atoms with Crippen molar-refractivity contribution in [3.05, 3.63) is 70.5 Å². The molecule has 0 aromatic heterocycles. The highest BCUT2D eigenvalue weighted by Gasteiger charge is 2.40. The molecule has 0 saturated heterocycles. The molecule has 6 nitrogen and oxygen atoms in total. The van der Waals surface area contributed by atoms with Crippen molar-refractivity contribution in [1.82, 2.24) is 5.32 Å². The number of benzene rings is 2. The Balaban J connectivity index is 1.97. The zero-order valence-corrected chi connectivity index (χ0v) is 16.5. The van der Waals surface area contributed by atoms with Crippen molar-refractivity contribution in [2.24, 2.45) is 11.7 Å². The molecule has 4 N–H and O–H groups in total. The average Bonchev–Trinajstić information content (AvgIpc) is 2.68. The van der Waals surface area contributed by atoms with Crippen molar-refractivity contribution in [1.29, 1.82) is 5.26 Å². The molecule has 8 heteroatoms. The topological polar surface area (TPSA) is 100 Å². The highest BCUT2D eigenvalue weighted by atomic mass is 35.5. The molecule has 1 aliphatic heterocycles. The van der Waals surface area contributed by atoms with Gasteiger partial charge in [0.15, 0.2) is 0 Å². The minimum atomic E-state index is -0.805. The maximum absolute atomic E-state index is 13.1. The number of amides is 1. The largest absolute Gasteiger partial charge is 0.497 e. The van der Waals surface area contributed by atoms with Gasteiger partial charge < -0.3 is 21.1 Å². The van der Waals surface area contributed by atoms with Crippen LogP contribution in [-0.2, 0) is 4.79 Å². The Morgan fingerprint density at radius 1 is 1.25 bits per heavy atom. The van der Waals surface area contributed by atoms with Gasteiger partial charge in [-0.25, -0.2) is 0 Å². The molecule has 2 atom stereocenters. The van der Waals surface area contributed by atoms with Gasteiger partial charge in [0, 0.05) is 16.6 Å². The van der Waals surface area contributed by atoms with Crippen molar-refractivity contribution in [3.8, 4) is 11.8 Å². The fourth-order valence-corrected chi connectivity index (χ4v) is 3.57. The molecule has 0 spiro atoms. The summed E-state index contributed by atoms with van der Waals surface area (Å²) >= 11 is 11.4. The lowest BCUT2D eigenvalue weighted by molar-refractivity contribution is -0.118. The number of nitrogens with two attached hydrogens (primary N) is 1. The Kier molecular flexibility index (Phi) is 5.83. The van der Waals surface area contributed by atoms with Crippen LogP contribution in [0.5, 0.6) is 5.75 Å². The van der Waals surface area contributed by atoms with E-state index in [1.54, 1.807) is 55.6 Å². The third-order valence-corrected chi connectivity index (χ3v) is 5.07. The quantitative estimate of drug-likeness (QED) is 0.666. The molecule has 0 radical (unpaired) electrons. The fraction of sp³-hybridized carbons (Fsp3) is 0.150. The maximum atomic E-state index is 13.1. The summed E-state index contributed by atoms with van der Waals surface area (Å²) in [6.45, 7) is 0. The molecule has 1 aliphatic rings. The summed E-state index contributed by atoms with van der Waals surface area (Å²) in [6, 6.07) is 16.0. The SMILES string of the molecule is COc1ccc(NC(=O)[C@@H]2C(=S)NC(N)=C(C#N)[C@@H]2c2ccc(Cl)cc2)cc1. The number of nitriles is 1. The van der Waals surface area contributed by atoms with Gasteiger partial charge in [-0.05, 0) is 42.0 Å². The van der Waals surface area contributed by atoms with Crippen LogP contribution in [0.2, 0.25) is 5.02 Å². The second-order valence-corrected chi connectivity index (χ2v) is 7.03. The Morgan fingerprint density at radius 3 is 2.46 bits per heavy atom. The number of hydrogen-bond acceptors (Lipinski definition) is 5. The summed E-state index contributed by atoms with van der Waals surface area (Å²) in [5, 5.41) is 15.8. The number of thiocarbonyl (C=S) groups is 1. The van der Waals surface area contributed by atoms with Crippen molar-refractivity contribution in [2.45, 2.75) is 5.92 Å². The van der Waals surface area contributed by atoms with Gasteiger partial charge in [-0.2, -0.15) is 5.26 Å². The highest BCUT2D eigenvalue weighted by molar-refractivity contribution is 7.80. The maximum Gasteiger partial charge on any atom is 0.235 e. The van der Waals surface area contributed by atoms with Gasteiger partial charge in [0.25, 0.3) is 0 Å². The standard InChI is InChI=1S/C20H17ClN4O2S/c1-27-14-8-6-13(7-9-14)24-19(26)17-16(11-2-4-12(21)5-3-11)15(10-22)18(23)25-20(17)28/h2-9,16-17H,23H2,1H3,(H,24,26)(H,25,28)/t16-,17+/m0/s1. The zero-order valence-electron chi connectivity index (χ0n) is 14.9. The van der Waals surface area contributed by atoms with Gasteiger partial charge >= 0.3 is 0 Å². The van der Waals surface area contributed by atoms with E-state index in [1.165, 1.54) is 0 Å². The van der Waals surface area contributed by atoms with Crippen LogP contribution in [0.3, 0.4) is 0 Å². The smallest absolute Gasteiger partial charge is 0.235 e. The first-order valence-corrected chi connectivity index (χ1v) is 9.14. The van der Waals surface area contributed by atoms with Crippen LogP contribution in [0, 0.1) is 17.2 Å². The summed E-state index contributed by atoms with van der Waals surface area (Å²) in [5.41, 5.74) is 7.54. The number of carbonyl (C=O) groups excluding carboxylic acids is 1. The normalized spacial score (nSPS) is 18.8. The zero-order chi connectivity index (χ0) is 20.3. The van der Waals surface area contributed by atoms with Crippen LogP contribution >= 0.6 is 23.8 Å². The number of carbonyl (C=O) groups is 1. The van der Waals surface area contributed by atoms with Crippen LogP contribution in [0.1, 0.15) is 11.5 Å². The van der Waals surface area contributed by atoms with Gasteiger partial charge in [-0.1, -0.05) is 36.0 Å². The molecule has 0 saturated carbocycles. The molecular formula is C20H17ClN4O2S. The Bertz CT molecular complexity index is 981. The van der Waals surface area contributed by atoms with Crippen molar-refractivity contribution in [3.63, 3.8) is 0 Å². The molecule has 0 aliphatic carbocycles. The molecule has 28 heavy (non-hydrogen) atoms. The third-order valence-electron chi connectivity index (χ3n) is 4.46. The Morgan fingerprint density at radius 2 is 1.89 bits per heavy atom. The van der Waals surface area contributed by atoms with Crippen LogP contribution in [0.15, 0.2) is 59.9 Å². The monoisotopic (exact) mass is 412 g/mol. The van der Waals surface area contributed by atoms with Gasteiger partial charge in [0.2, 0.25) is 5.91 Å². The number of halogens is 1. The van der Waals surface area contributed by atoms with Crippen molar-refractivity contribution in [2.75, 3.05) is 12.4 Å². The first kappa shape index (κ1) is 19.7. The van der Waals surface area contributed by atoms with E-state index in [-0.39, 0.29) is 22.3 Å². The summed E-state index contributed by atoms with van der Waals surface area (Å²) in [4.78, 5) is 13.3. The second kappa shape index (κ2) is 8.30. The van der Waals surface area contributed by atoms with E-state index in [9.17, 15) is 10.1 Å². The number of allylic oxidation sites excluding steroid dienone is 1. The lowest BCUT2D eigenvalue weighted by atomic mass is 9.78. The molecule has 0 bridgehead atoms. The summed E-state index contributed by atoms with van der Waals surface area (Å²) < 4.78 is 5.12. The van der Waals surface area contributed by atoms with Crippen molar-refractivity contribution >= 4 is 40.4 Å². The van der Waals surface area contributed by atoms with E-state index in [4.69, 9.17) is 34.3 Å². The molecule has 2 aromatic rings. The molecule has 0 unspecified atom stereocenters. The average molecular weight is 413 g/mol. The Labute approximate surface area is 172 Å². The number of anilines is 1. The number of nitrogens with zero attached hydrogens (tertiary/aromatic N) is 1. The van der Waals surface area contributed by atoms with Crippen LogP contribution in [0.25, 0.3) is 0 Å². The number of ether oxygens (including phenoxy) is 1. The first-order valence-electron chi connectivity index (χ1n) is 8.35. The summed E-state index contributed by atoms with van der Waals surface area (Å²) in [5.74, 6) is -0.937. The number of rotatable bonds is 4. The third kappa shape index (κ3) is 3.93. The summed E-state index contributed by atoms with van der Waals surface area (Å²) in [6.07, 6.45) is 0. The predicted molar refractivity (Wildman–Crippen MR) is 112 cm³/mol. The highest BCUT2D eigenvalue weighted by Crippen LogP contribution is 2.37. The minimum absolute atomic E-state index is 0.154. The van der Waals surface area contributed by atoms with E-state index in [0.717, 1.165) is 5.56 Å². The van der Waals surface area contributed by atoms with Gasteiger partial charge in [0.05, 0.1) is 23.7 Å². The number of methoxy groups -OCH3 is 1. The van der Waals surface area contributed by atoms with Crippen LogP contribution < -0.4 is 21.1 Å². The second-order valence-electron chi connectivity index (χ2n) is 6.15. The summed E-state index contributed by atoms with van der Waals surface area (Å²) in [7, 11) is 1.57. The lowest BCUT2D eigenvalue weighted by Crippen LogP contribution is -2.46. The molecule has 2 aromatic carbocycles. The van der Waals surface area contributed by atoms with Gasteiger partial charge in [-0.15, -0.1) is 0 Å².